The fourth-order valence-corrected chi connectivity index (χ4v) is 2.09. The van der Waals surface area contributed by atoms with Crippen molar-refractivity contribution in [3.63, 3.8) is 0 Å². The van der Waals surface area contributed by atoms with Crippen LogP contribution >= 0.6 is 0 Å². The molecule has 0 saturated carbocycles. The van der Waals surface area contributed by atoms with E-state index in [1.165, 1.54) is 56.9 Å². The Kier molecular flexibility index (Phi) is 7.59. The van der Waals surface area contributed by atoms with Crippen LogP contribution in [0.2, 0.25) is 0 Å². The molecule has 0 nitrogen and oxygen atoms in total. The summed E-state index contributed by atoms with van der Waals surface area (Å²) < 4.78 is 0.989. The predicted molar refractivity (Wildman–Crippen MR) is 67.8 cm³/mol. The molecular formula is C15H23Ni. The standard InChI is InChI=1S/C15H23.Ni/c1-2-3-4-5-6-7-9-12-15-13-10-8-11-14-15;/h10-11,13-14H,2-7,9,12H2,1H3;. The summed E-state index contributed by atoms with van der Waals surface area (Å²) in [5, 5.41) is 0. The second kappa shape index (κ2) is 8.82. The summed E-state index contributed by atoms with van der Waals surface area (Å²) in [6.07, 6.45) is 10.9. The predicted octanol–water partition coefficient (Wildman–Crippen LogP) is 4.15. The molecule has 0 radical (unpaired) electrons. The minimum atomic E-state index is 0.989. The van der Waals surface area contributed by atoms with Gasteiger partial charge in [-0.3, -0.25) is 0 Å². The van der Waals surface area contributed by atoms with Crippen LogP contribution in [0.3, 0.4) is 0 Å². The Bertz CT molecular complexity index is 263. The fourth-order valence-electron chi connectivity index (χ4n) is 1.93. The monoisotopic (exact) mass is 261 g/mol. The first kappa shape index (κ1) is 13.8. The van der Waals surface area contributed by atoms with Crippen LogP contribution < -0.4 is 4.53 Å². The molecule has 93 valence electrons. The third kappa shape index (κ3) is 6.33. The van der Waals surface area contributed by atoms with Gasteiger partial charge in [-0.2, -0.15) is 0 Å². The minimum absolute atomic E-state index is 0.989. The molecule has 0 aliphatic rings. The molecule has 0 saturated heterocycles. The van der Waals surface area contributed by atoms with Crippen LogP contribution in [0.1, 0.15) is 57.4 Å². The third-order valence-electron chi connectivity index (χ3n) is 2.96. The van der Waals surface area contributed by atoms with Crippen molar-refractivity contribution < 1.29 is 15.5 Å². The second-order valence-electron chi connectivity index (χ2n) is 4.46. The van der Waals surface area contributed by atoms with Crippen LogP contribution in [0.15, 0.2) is 24.3 Å². The number of unbranched alkanes of at least 4 members (excludes halogenated alkanes) is 6. The molecule has 0 amide bonds. The molecule has 0 aliphatic heterocycles. The summed E-state index contributed by atoms with van der Waals surface area (Å²) in [7, 11) is 0. The molecule has 0 spiro atoms. The van der Waals surface area contributed by atoms with Crippen molar-refractivity contribution in [1.82, 2.24) is 0 Å². The maximum absolute atomic E-state index is 4.77. The SMILES string of the molecule is CCCCCCCCCc1cc[c]([Ni])cc1. The van der Waals surface area contributed by atoms with E-state index in [1.807, 2.05) is 0 Å². The molecule has 0 aromatic heterocycles. The van der Waals surface area contributed by atoms with Gasteiger partial charge in [0.15, 0.2) is 0 Å². The maximum atomic E-state index is 4.77. The molecule has 1 aromatic carbocycles. The molecule has 1 aromatic rings. The topological polar surface area (TPSA) is 0 Å². The molecule has 0 heterocycles. The molecule has 16 heavy (non-hydrogen) atoms. The van der Waals surface area contributed by atoms with E-state index in [9.17, 15) is 0 Å². The first-order valence-electron chi connectivity index (χ1n) is 6.54. The molecule has 0 fully saturated rings. The van der Waals surface area contributed by atoms with Gasteiger partial charge in [-0.05, 0) is 0 Å². The zero-order chi connectivity index (χ0) is 11.6. The van der Waals surface area contributed by atoms with Crippen LogP contribution in [0.4, 0.5) is 0 Å². The zero-order valence-corrected chi connectivity index (χ0v) is 11.3. The van der Waals surface area contributed by atoms with Gasteiger partial charge in [0, 0.05) is 0 Å². The number of hydrogen-bond acceptors (Lipinski definition) is 0. The zero-order valence-electron chi connectivity index (χ0n) is 10.3. The summed E-state index contributed by atoms with van der Waals surface area (Å²) in [6, 6.07) is 8.46. The van der Waals surface area contributed by atoms with Crippen molar-refractivity contribution in [2.75, 3.05) is 0 Å². The van der Waals surface area contributed by atoms with E-state index in [0.29, 0.717) is 0 Å². The van der Waals surface area contributed by atoms with Crippen LogP contribution in [0.5, 0.6) is 0 Å². The van der Waals surface area contributed by atoms with Crippen molar-refractivity contribution >= 4 is 4.53 Å². The molecule has 0 N–H and O–H groups in total. The summed E-state index contributed by atoms with van der Waals surface area (Å²) in [5.74, 6) is 0. The Hall–Kier alpha value is -0.286. The molecule has 1 heteroatoms. The first-order valence-corrected chi connectivity index (χ1v) is 7.03. The van der Waals surface area contributed by atoms with Crippen molar-refractivity contribution in [1.29, 1.82) is 0 Å². The summed E-state index contributed by atoms with van der Waals surface area (Å²) in [4.78, 5) is 0. The molecule has 0 bridgehead atoms. The van der Waals surface area contributed by atoms with Crippen LogP contribution in [0.25, 0.3) is 0 Å². The Labute approximate surface area is 108 Å². The number of hydrogen-bond donors (Lipinski definition) is 0. The van der Waals surface area contributed by atoms with E-state index in [1.54, 1.807) is 0 Å². The van der Waals surface area contributed by atoms with Gasteiger partial charge in [-0.25, -0.2) is 0 Å². The van der Waals surface area contributed by atoms with Crippen molar-refractivity contribution in [2.45, 2.75) is 58.3 Å². The van der Waals surface area contributed by atoms with Gasteiger partial charge in [0.25, 0.3) is 0 Å². The quantitative estimate of drug-likeness (QED) is 0.487. The Morgan fingerprint density at radius 3 is 2.00 bits per heavy atom. The van der Waals surface area contributed by atoms with Crippen LogP contribution in [-0.4, -0.2) is 0 Å². The molecule has 0 unspecified atom stereocenters. The molecule has 1 rings (SSSR count). The Balaban J connectivity index is 2.01. The normalized spacial score (nSPS) is 10.7. The Morgan fingerprint density at radius 1 is 0.812 bits per heavy atom. The third-order valence-corrected chi connectivity index (χ3v) is 3.29. The van der Waals surface area contributed by atoms with Gasteiger partial charge in [0.2, 0.25) is 0 Å². The molecule has 0 aliphatic carbocycles. The van der Waals surface area contributed by atoms with Crippen molar-refractivity contribution in [3.05, 3.63) is 29.8 Å². The average Bonchev–Trinajstić information content (AvgIpc) is 2.30. The van der Waals surface area contributed by atoms with Crippen LogP contribution in [0, 0.1) is 0 Å². The fraction of sp³-hybridized carbons (Fsp3) is 0.600. The van der Waals surface area contributed by atoms with E-state index >= 15 is 0 Å². The number of benzene rings is 1. The Morgan fingerprint density at radius 2 is 1.38 bits per heavy atom. The second-order valence-corrected chi connectivity index (χ2v) is 5.03. The van der Waals surface area contributed by atoms with Crippen LogP contribution in [-0.2, 0) is 21.9 Å². The van der Waals surface area contributed by atoms with E-state index in [4.69, 9.17) is 15.5 Å². The van der Waals surface area contributed by atoms with E-state index in [0.717, 1.165) is 4.53 Å². The van der Waals surface area contributed by atoms with E-state index in [-0.39, 0.29) is 0 Å². The van der Waals surface area contributed by atoms with Gasteiger partial charge in [0.1, 0.15) is 0 Å². The molecule has 0 atom stereocenters. The summed E-state index contributed by atoms with van der Waals surface area (Å²) in [5.41, 5.74) is 1.44. The van der Waals surface area contributed by atoms with Gasteiger partial charge in [-0.1, -0.05) is 6.92 Å². The van der Waals surface area contributed by atoms with Gasteiger partial charge < -0.3 is 0 Å². The number of rotatable bonds is 8. The number of aryl methyl sites for hydroxylation is 1. The molecular weight excluding hydrogens is 239 g/mol. The van der Waals surface area contributed by atoms with Gasteiger partial charge in [0.05, 0.1) is 0 Å². The van der Waals surface area contributed by atoms with Gasteiger partial charge >= 0.3 is 101 Å². The van der Waals surface area contributed by atoms with Gasteiger partial charge in [-0.15, -0.1) is 0 Å². The first-order chi connectivity index (χ1) is 7.83. The van der Waals surface area contributed by atoms with Crippen molar-refractivity contribution in [2.24, 2.45) is 0 Å². The van der Waals surface area contributed by atoms with Crippen molar-refractivity contribution in [3.8, 4) is 0 Å². The summed E-state index contributed by atoms with van der Waals surface area (Å²) >= 11 is 4.77. The van der Waals surface area contributed by atoms with E-state index in [2.05, 4.69) is 31.2 Å². The average molecular weight is 262 g/mol. The van der Waals surface area contributed by atoms with E-state index < -0.39 is 0 Å². The summed E-state index contributed by atoms with van der Waals surface area (Å²) in [6.45, 7) is 2.27.